The lowest BCUT2D eigenvalue weighted by atomic mass is 9.89. The molecule has 0 bridgehead atoms. The van der Waals surface area contributed by atoms with Gasteiger partial charge in [-0.25, -0.2) is 0 Å². The number of amides is 3. The average molecular weight is 495 g/mol. The van der Waals surface area contributed by atoms with Crippen LogP contribution < -0.4 is 14.8 Å². The molecule has 184 valence electrons. The van der Waals surface area contributed by atoms with Crippen LogP contribution in [0.4, 0.5) is 10.5 Å². The lowest BCUT2D eigenvalue weighted by Crippen LogP contribution is -2.34. The number of imide groups is 1. The van der Waals surface area contributed by atoms with Crippen molar-refractivity contribution in [3.05, 3.63) is 58.5 Å². The minimum absolute atomic E-state index is 0.238. The first-order valence-electron chi connectivity index (χ1n) is 11.9. The van der Waals surface area contributed by atoms with Gasteiger partial charge in [-0.1, -0.05) is 49.1 Å². The molecular formula is C27H30N2O5S. The molecule has 1 saturated carbocycles. The summed E-state index contributed by atoms with van der Waals surface area (Å²) in [4.78, 5) is 39.8. The predicted octanol–water partition coefficient (Wildman–Crippen LogP) is 5.64. The van der Waals surface area contributed by atoms with Gasteiger partial charge in [0.1, 0.15) is 0 Å². The maximum Gasteiger partial charge on any atom is 0.293 e. The van der Waals surface area contributed by atoms with Crippen molar-refractivity contribution in [2.45, 2.75) is 39.0 Å². The average Bonchev–Trinajstić information content (AvgIpc) is 3.12. The molecule has 0 unspecified atom stereocenters. The van der Waals surface area contributed by atoms with E-state index in [9.17, 15) is 14.4 Å². The van der Waals surface area contributed by atoms with Gasteiger partial charge in [-0.05, 0) is 61.7 Å². The number of nitrogens with zero attached hydrogens (tertiary/aromatic N) is 1. The molecule has 1 aliphatic carbocycles. The SMILES string of the molecule is COc1cccc(C=C2SC(=O)N(CC3CCCCC3)C2=O)c1OCC(=O)Nc1ccc(C)cc1. The summed E-state index contributed by atoms with van der Waals surface area (Å²) in [6.07, 6.45) is 7.28. The molecule has 0 aromatic heterocycles. The molecule has 7 nitrogen and oxygen atoms in total. The van der Waals surface area contributed by atoms with E-state index < -0.39 is 0 Å². The number of nitrogens with one attached hydrogen (secondary N) is 1. The van der Waals surface area contributed by atoms with Crippen LogP contribution >= 0.6 is 11.8 Å². The van der Waals surface area contributed by atoms with Gasteiger partial charge in [-0.2, -0.15) is 0 Å². The van der Waals surface area contributed by atoms with Crippen LogP contribution in [-0.2, 0) is 9.59 Å². The Balaban J connectivity index is 1.47. The van der Waals surface area contributed by atoms with Gasteiger partial charge in [0.25, 0.3) is 17.1 Å². The molecule has 0 atom stereocenters. The van der Waals surface area contributed by atoms with Crippen LogP contribution in [0.3, 0.4) is 0 Å². The predicted molar refractivity (Wildman–Crippen MR) is 138 cm³/mol. The van der Waals surface area contributed by atoms with Crippen molar-refractivity contribution in [3.63, 3.8) is 0 Å². The van der Waals surface area contributed by atoms with Gasteiger partial charge in [0.15, 0.2) is 18.1 Å². The van der Waals surface area contributed by atoms with Crippen molar-refractivity contribution in [1.82, 2.24) is 4.90 Å². The first-order chi connectivity index (χ1) is 16.9. The quantitative estimate of drug-likeness (QED) is 0.478. The molecular weight excluding hydrogens is 464 g/mol. The minimum Gasteiger partial charge on any atom is -0.493 e. The van der Waals surface area contributed by atoms with E-state index in [0.717, 1.165) is 43.0 Å². The smallest absolute Gasteiger partial charge is 0.293 e. The molecule has 1 heterocycles. The van der Waals surface area contributed by atoms with Gasteiger partial charge >= 0.3 is 0 Å². The Morgan fingerprint density at radius 1 is 1.11 bits per heavy atom. The monoisotopic (exact) mass is 494 g/mol. The number of carbonyl (C=O) groups is 3. The molecule has 8 heteroatoms. The van der Waals surface area contributed by atoms with Crippen LogP contribution in [-0.4, -0.2) is 42.2 Å². The zero-order valence-electron chi connectivity index (χ0n) is 20.0. The van der Waals surface area contributed by atoms with Crippen LogP contribution in [0.1, 0.15) is 43.2 Å². The van der Waals surface area contributed by atoms with E-state index in [4.69, 9.17) is 9.47 Å². The van der Waals surface area contributed by atoms with E-state index in [1.165, 1.54) is 18.4 Å². The summed E-state index contributed by atoms with van der Waals surface area (Å²) in [6.45, 7) is 2.21. The van der Waals surface area contributed by atoms with Crippen molar-refractivity contribution in [3.8, 4) is 11.5 Å². The maximum absolute atomic E-state index is 13.0. The lowest BCUT2D eigenvalue weighted by Gasteiger charge is -2.25. The Kier molecular flexibility index (Phi) is 8.13. The highest BCUT2D eigenvalue weighted by Crippen LogP contribution is 2.38. The first kappa shape index (κ1) is 24.9. The van der Waals surface area contributed by atoms with Crippen LogP contribution in [0.15, 0.2) is 47.4 Å². The molecule has 0 spiro atoms. The standard InChI is InChI=1S/C27H30N2O5S/c1-18-11-13-21(14-12-18)28-24(30)17-34-25-20(9-6-10-22(25)33-2)15-23-26(31)29(27(32)35-23)16-19-7-4-3-5-8-19/h6,9-15,19H,3-5,7-8,16-17H2,1-2H3,(H,28,30). The van der Waals surface area contributed by atoms with E-state index in [2.05, 4.69) is 5.32 Å². The summed E-state index contributed by atoms with van der Waals surface area (Å²) in [5.41, 5.74) is 2.34. The minimum atomic E-state index is -0.321. The summed E-state index contributed by atoms with van der Waals surface area (Å²) in [5, 5.41) is 2.56. The number of para-hydroxylation sites is 1. The lowest BCUT2D eigenvalue weighted by molar-refractivity contribution is -0.123. The number of aryl methyl sites for hydroxylation is 1. The largest absolute Gasteiger partial charge is 0.493 e. The van der Waals surface area contributed by atoms with E-state index in [1.54, 1.807) is 24.3 Å². The number of hydrogen-bond acceptors (Lipinski definition) is 6. The summed E-state index contributed by atoms with van der Waals surface area (Å²) >= 11 is 0.938. The van der Waals surface area contributed by atoms with Gasteiger partial charge in [-0.3, -0.25) is 19.3 Å². The van der Waals surface area contributed by atoms with Gasteiger partial charge < -0.3 is 14.8 Å². The second kappa shape index (κ2) is 11.4. The highest BCUT2D eigenvalue weighted by molar-refractivity contribution is 8.18. The molecule has 4 rings (SSSR count). The van der Waals surface area contributed by atoms with E-state index in [1.807, 2.05) is 31.2 Å². The van der Waals surface area contributed by atoms with E-state index in [0.29, 0.717) is 40.1 Å². The van der Waals surface area contributed by atoms with Crippen molar-refractivity contribution in [2.75, 3.05) is 25.6 Å². The fraction of sp³-hybridized carbons (Fsp3) is 0.370. The number of hydrogen-bond donors (Lipinski definition) is 1. The molecule has 0 radical (unpaired) electrons. The fourth-order valence-corrected chi connectivity index (χ4v) is 5.20. The summed E-state index contributed by atoms with van der Waals surface area (Å²) in [6, 6.07) is 12.7. The fourth-order valence-electron chi connectivity index (χ4n) is 4.36. The van der Waals surface area contributed by atoms with E-state index in [-0.39, 0.29) is 23.7 Å². The first-order valence-corrected chi connectivity index (χ1v) is 12.7. The number of rotatable bonds is 8. The summed E-state index contributed by atoms with van der Waals surface area (Å²) in [5.74, 6) is 0.547. The van der Waals surface area contributed by atoms with Gasteiger partial charge in [0.05, 0.1) is 12.0 Å². The van der Waals surface area contributed by atoms with Gasteiger partial charge in [0.2, 0.25) is 0 Å². The molecule has 1 saturated heterocycles. The van der Waals surface area contributed by atoms with Crippen molar-refractivity contribution >= 4 is 40.6 Å². The third kappa shape index (κ3) is 6.25. The second-order valence-corrected chi connectivity index (χ2v) is 9.87. The zero-order chi connectivity index (χ0) is 24.8. The van der Waals surface area contributed by atoms with Gasteiger partial charge in [0, 0.05) is 17.8 Å². The number of thioether (sulfide) groups is 1. The van der Waals surface area contributed by atoms with Gasteiger partial charge in [-0.15, -0.1) is 0 Å². The van der Waals surface area contributed by atoms with Crippen LogP contribution in [0.25, 0.3) is 6.08 Å². The second-order valence-electron chi connectivity index (χ2n) is 8.88. The highest BCUT2D eigenvalue weighted by atomic mass is 32.2. The summed E-state index contributed by atoms with van der Waals surface area (Å²) < 4.78 is 11.3. The Bertz CT molecular complexity index is 1120. The number of methoxy groups -OCH3 is 1. The van der Waals surface area contributed by atoms with Crippen molar-refractivity contribution in [1.29, 1.82) is 0 Å². The van der Waals surface area contributed by atoms with Crippen LogP contribution in [0, 0.1) is 12.8 Å². The van der Waals surface area contributed by atoms with E-state index >= 15 is 0 Å². The normalized spacial score (nSPS) is 17.7. The number of benzene rings is 2. The number of carbonyl (C=O) groups excluding carboxylic acids is 3. The zero-order valence-corrected chi connectivity index (χ0v) is 20.9. The molecule has 2 fully saturated rings. The summed E-state index contributed by atoms with van der Waals surface area (Å²) in [7, 11) is 1.51. The molecule has 1 aliphatic heterocycles. The van der Waals surface area contributed by atoms with Crippen LogP contribution in [0.5, 0.6) is 11.5 Å². The Hall–Kier alpha value is -3.26. The molecule has 2 aromatic rings. The van der Waals surface area contributed by atoms with Crippen molar-refractivity contribution in [2.24, 2.45) is 5.92 Å². The Morgan fingerprint density at radius 2 is 1.86 bits per heavy atom. The Labute approximate surface area is 209 Å². The molecule has 3 amide bonds. The molecule has 2 aromatic carbocycles. The Morgan fingerprint density at radius 3 is 2.57 bits per heavy atom. The van der Waals surface area contributed by atoms with Crippen molar-refractivity contribution < 1.29 is 23.9 Å². The third-order valence-corrected chi connectivity index (χ3v) is 7.15. The topological polar surface area (TPSA) is 84.9 Å². The number of anilines is 1. The molecule has 2 aliphatic rings. The third-order valence-electron chi connectivity index (χ3n) is 6.24. The number of ether oxygens (including phenoxy) is 2. The molecule has 35 heavy (non-hydrogen) atoms. The highest BCUT2D eigenvalue weighted by Gasteiger charge is 2.36. The molecule has 1 N–H and O–H groups in total. The maximum atomic E-state index is 13.0. The van der Waals surface area contributed by atoms with Crippen LogP contribution in [0.2, 0.25) is 0 Å².